The Labute approximate surface area is 78.2 Å². The standard InChI is InChI=1S/C6H8N2O2S2/c1-4-6(7-8-12-4)11-3-2-5(9)10/h2-3H2,1H3,(H,9,10). The lowest BCUT2D eigenvalue weighted by molar-refractivity contribution is -0.136. The summed E-state index contributed by atoms with van der Waals surface area (Å²) in [4.78, 5) is 11.2. The number of rotatable bonds is 4. The van der Waals surface area contributed by atoms with Gasteiger partial charge < -0.3 is 5.11 Å². The molecule has 0 spiro atoms. The van der Waals surface area contributed by atoms with Crippen molar-refractivity contribution in [3.8, 4) is 0 Å². The predicted octanol–water partition coefficient (Wildman–Crippen LogP) is 1.41. The van der Waals surface area contributed by atoms with Crippen LogP contribution in [-0.2, 0) is 4.79 Å². The van der Waals surface area contributed by atoms with Crippen molar-refractivity contribution in [3.05, 3.63) is 4.88 Å². The topological polar surface area (TPSA) is 63.1 Å². The first-order valence-corrected chi connectivity index (χ1v) is 5.09. The highest BCUT2D eigenvalue weighted by molar-refractivity contribution is 7.99. The van der Waals surface area contributed by atoms with Gasteiger partial charge in [0.05, 0.1) is 11.3 Å². The normalized spacial score (nSPS) is 10.1. The Morgan fingerprint density at radius 2 is 2.50 bits per heavy atom. The maximum atomic E-state index is 10.2. The number of thioether (sulfide) groups is 1. The molecule has 0 aliphatic heterocycles. The number of hydrogen-bond donors (Lipinski definition) is 1. The van der Waals surface area contributed by atoms with Crippen LogP contribution in [-0.4, -0.2) is 26.4 Å². The highest BCUT2D eigenvalue weighted by Gasteiger charge is 2.04. The van der Waals surface area contributed by atoms with Gasteiger partial charge in [0.15, 0.2) is 0 Å². The summed E-state index contributed by atoms with van der Waals surface area (Å²) >= 11 is 2.77. The molecule has 0 saturated heterocycles. The molecule has 4 nitrogen and oxygen atoms in total. The van der Waals surface area contributed by atoms with Crippen molar-refractivity contribution < 1.29 is 9.90 Å². The third kappa shape index (κ3) is 2.78. The van der Waals surface area contributed by atoms with E-state index in [1.54, 1.807) is 0 Å². The minimum atomic E-state index is -0.775. The third-order valence-corrected chi connectivity index (χ3v) is 2.99. The second-order valence-electron chi connectivity index (χ2n) is 2.13. The Morgan fingerprint density at radius 1 is 1.75 bits per heavy atom. The molecule has 0 aliphatic carbocycles. The van der Waals surface area contributed by atoms with Gasteiger partial charge in [-0.15, -0.1) is 16.9 Å². The van der Waals surface area contributed by atoms with E-state index in [1.807, 2.05) is 6.92 Å². The molecule has 66 valence electrons. The van der Waals surface area contributed by atoms with Crippen molar-refractivity contribution in [2.45, 2.75) is 18.4 Å². The Bertz CT molecular complexity index is 274. The molecular formula is C6H8N2O2S2. The Balaban J connectivity index is 2.33. The van der Waals surface area contributed by atoms with Crippen molar-refractivity contribution in [3.63, 3.8) is 0 Å². The number of aliphatic carboxylic acids is 1. The summed E-state index contributed by atoms with van der Waals surface area (Å²) in [6.45, 7) is 1.92. The summed E-state index contributed by atoms with van der Waals surface area (Å²) in [6.07, 6.45) is 0.168. The Kier molecular flexibility index (Phi) is 3.48. The van der Waals surface area contributed by atoms with Crippen molar-refractivity contribution in [1.29, 1.82) is 0 Å². The van der Waals surface area contributed by atoms with Crippen LogP contribution in [0.5, 0.6) is 0 Å². The first kappa shape index (κ1) is 9.47. The van der Waals surface area contributed by atoms with Gasteiger partial charge in [0.2, 0.25) is 0 Å². The molecule has 1 aromatic heterocycles. The minimum absolute atomic E-state index is 0.168. The van der Waals surface area contributed by atoms with E-state index >= 15 is 0 Å². The number of carboxylic acids is 1. The Morgan fingerprint density at radius 3 is 3.00 bits per heavy atom. The highest BCUT2D eigenvalue weighted by Crippen LogP contribution is 2.21. The lowest BCUT2D eigenvalue weighted by Gasteiger charge is -1.93. The van der Waals surface area contributed by atoms with Gasteiger partial charge >= 0.3 is 5.97 Å². The SMILES string of the molecule is Cc1snnc1SCCC(=O)O. The van der Waals surface area contributed by atoms with E-state index in [2.05, 4.69) is 9.59 Å². The van der Waals surface area contributed by atoms with Crippen LogP contribution in [0.4, 0.5) is 0 Å². The van der Waals surface area contributed by atoms with Gasteiger partial charge in [-0.05, 0) is 18.5 Å². The van der Waals surface area contributed by atoms with Gasteiger partial charge in [0, 0.05) is 5.75 Å². The average Bonchev–Trinajstić information content (AvgIpc) is 2.36. The van der Waals surface area contributed by atoms with Gasteiger partial charge in [-0.2, -0.15) is 0 Å². The molecule has 0 radical (unpaired) electrons. The lowest BCUT2D eigenvalue weighted by Crippen LogP contribution is -1.95. The largest absolute Gasteiger partial charge is 0.481 e. The van der Waals surface area contributed by atoms with Gasteiger partial charge in [0.25, 0.3) is 0 Å². The van der Waals surface area contributed by atoms with Crippen molar-refractivity contribution >= 4 is 29.3 Å². The van der Waals surface area contributed by atoms with E-state index in [4.69, 9.17) is 5.11 Å². The molecule has 0 aromatic carbocycles. The van der Waals surface area contributed by atoms with Crippen LogP contribution < -0.4 is 0 Å². The highest BCUT2D eigenvalue weighted by atomic mass is 32.2. The van der Waals surface area contributed by atoms with E-state index in [0.29, 0.717) is 5.75 Å². The number of aryl methyl sites for hydroxylation is 1. The van der Waals surface area contributed by atoms with E-state index in [0.717, 1.165) is 9.90 Å². The van der Waals surface area contributed by atoms with Gasteiger partial charge in [-0.3, -0.25) is 4.79 Å². The van der Waals surface area contributed by atoms with Gasteiger partial charge in [-0.1, -0.05) is 4.49 Å². The number of nitrogens with zero attached hydrogens (tertiary/aromatic N) is 2. The minimum Gasteiger partial charge on any atom is -0.481 e. The average molecular weight is 204 g/mol. The maximum Gasteiger partial charge on any atom is 0.304 e. The maximum absolute atomic E-state index is 10.2. The molecule has 0 amide bonds. The summed E-state index contributed by atoms with van der Waals surface area (Å²) in [5.74, 6) is -0.218. The monoisotopic (exact) mass is 204 g/mol. The first-order valence-electron chi connectivity index (χ1n) is 3.33. The second kappa shape index (κ2) is 4.42. The van der Waals surface area contributed by atoms with E-state index in [9.17, 15) is 4.79 Å². The van der Waals surface area contributed by atoms with Crippen molar-refractivity contribution in [2.75, 3.05) is 5.75 Å². The zero-order chi connectivity index (χ0) is 8.97. The van der Waals surface area contributed by atoms with Crippen LogP contribution in [0.3, 0.4) is 0 Å². The van der Waals surface area contributed by atoms with Crippen molar-refractivity contribution in [1.82, 2.24) is 9.59 Å². The molecule has 1 heterocycles. The van der Waals surface area contributed by atoms with Crippen LogP contribution in [0.25, 0.3) is 0 Å². The molecule has 1 aromatic rings. The Hall–Kier alpha value is -0.620. The first-order chi connectivity index (χ1) is 5.70. The quantitative estimate of drug-likeness (QED) is 0.751. The predicted molar refractivity (Wildman–Crippen MR) is 47.6 cm³/mol. The number of hydrogen-bond acceptors (Lipinski definition) is 5. The van der Waals surface area contributed by atoms with E-state index in [1.165, 1.54) is 23.3 Å². The zero-order valence-corrected chi connectivity index (χ0v) is 8.11. The third-order valence-electron chi connectivity index (χ3n) is 1.17. The van der Waals surface area contributed by atoms with Gasteiger partial charge in [0.1, 0.15) is 5.03 Å². The fraction of sp³-hybridized carbons (Fsp3) is 0.500. The van der Waals surface area contributed by atoms with Crippen LogP contribution >= 0.6 is 23.3 Å². The summed E-state index contributed by atoms with van der Waals surface area (Å²) in [5.41, 5.74) is 0. The molecule has 12 heavy (non-hydrogen) atoms. The van der Waals surface area contributed by atoms with E-state index < -0.39 is 5.97 Å². The molecule has 0 unspecified atom stereocenters. The molecule has 6 heteroatoms. The van der Waals surface area contributed by atoms with E-state index in [-0.39, 0.29) is 6.42 Å². The smallest absolute Gasteiger partial charge is 0.304 e. The molecule has 0 saturated carbocycles. The molecule has 0 bridgehead atoms. The molecule has 1 N–H and O–H groups in total. The summed E-state index contributed by atoms with van der Waals surface area (Å²) < 4.78 is 3.74. The molecule has 0 aliphatic rings. The molecular weight excluding hydrogens is 196 g/mol. The summed E-state index contributed by atoms with van der Waals surface area (Å²) in [5, 5.41) is 13.1. The zero-order valence-electron chi connectivity index (χ0n) is 6.48. The van der Waals surface area contributed by atoms with Crippen LogP contribution in [0.2, 0.25) is 0 Å². The number of carboxylic acid groups (broad SMARTS) is 1. The lowest BCUT2D eigenvalue weighted by atomic mass is 10.5. The number of carbonyl (C=O) groups is 1. The fourth-order valence-corrected chi connectivity index (χ4v) is 2.07. The van der Waals surface area contributed by atoms with Crippen LogP contribution in [0, 0.1) is 6.92 Å². The summed E-state index contributed by atoms with van der Waals surface area (Å²) in [6, 6.07) is 0. The van der Waals surface area contributed by atoms with Gasteiger partial charge in [-0.25, -0.2) is 0 Å². The second-order valence-corrected chi connectivity index (χ2v) is 4.17. The summed E-state index contributed by atoms with van der Waals surface area (Å²) in [7, 11) is 0. The molecule has 1 rings (SSSR count). The molecule has 0 fully saturated rings. The fourth-order valence-electron chi connectivity index (χ4n) is 0.594. The van der Waals surface area contributed by atoms with Crippen molar-refractivity contribution in [2.24, 2.45) is 0 Å². The van der Waals surface area contributed by atoms with Crippen LogP contribution in [0.1, 0.15) is 11.3 Å². The molecule has 0 atom stereocenters. The number of aromatic nitrogens is 2. The van der Waals surface area contributed by atoms with Crippen LogP contribution in [0.15, 0.2) is 5.03 Å².